The third kappa shape index (κ3) is 5.19. The molecule has 2 aliphatic rings. The second kappa shape index (κ2) is 12.6. The van der Waals surface area contributed by atoms with Crippen molar-refractivity contribution >= 4 is 28.4 Å². The Kier molecular flexibility index (Phi) is 8.03. The van der Waals surface area contributed by atoms with E-state index in [2.05, 4.69) is 184 Å². The molecule has 8 rings (SSSR count). The molecular weight excluding hydrogens is 648 g/mol. The standard InChI is InChI=1S/2C16H13.C12H11Si.Zr/c2*1-12-10-14-8-5-9-15(16(14)11-12)13-6-3-2-4-7-13;1-3-7-11(8-4-1)13-12-9-5-2-6-10-12;/h2*2-11H,1H3;1-10,13H;. The molecule has 6 aromatic carbocycles. The van der Waals surface area contributed by atoms with Gasteiger partial charge in [0.05, 0.1) is 0 Å². The Labute approximate surface area is 282 Å². The molecule has 2 atom stereocenters. The summed E-state index contributed by atoms with van der Waals surface area (Å²) in [7, 11) is 0. The van der Waals surface area contributed by atoms with Crippen molar-refractivity contribution in [3.63, 3.8) is 0 Å². The fourth-order valence-corrected chi connectivity index (χ4v) is 36.6. The summed E-state index contributed by atoms with van der Waals surface area (Å²) in [5.41, 5.74) is 14.5. The van der Waals surface area contributed by atoms with Crippen LogP contribution in [0.5, 0.6) is 0 Å². The molecule has 0 heterocycles. The molecule has 0 fully saturated rings. The van der Waals surface area contributed by atoms with Crippen molar-refractivity contribution < 1.29 is 20.9 Å². The van der Waals surface area contributed by atoms with Gasteiger partial charge in [0.25, 0.3) is 0 Å². The number of allylic oxidation sites excluding steroid dienone is 2. The van der Waals surface area contributed by atoms with Gasteiger partial charge < -0.3 is 0 Å². The number of rotatable bonds is 7. The zero-order valence-corrected chi connectivity index (χ0v) is 30.0. The summed E-state index contributed by atoms with van der Waals surface area (Å²) in [5, 5.41) is 3.20. The monoisotopic (exact) mass is 683 g/mol. The van der Waals surface area contributed by atoms with Gasteiger partial charge in [-0.05, 0) is 0 Å². The normalized spacial score (nSPS) is 16.5. The average Bonchev–Trinajstić information content (AvgIpc) is 3.63. The first kappa shape index (κ1) is 29.3. The molecule has 0 amide bonds. The van der Waals surface area contributed by atoms with Gasteiger partial charge in [-0.1, -0.05) is 0 Å². The second-order valence-electron chi connectivity index (χ2n) is 12.7. The third-order valence-corrected chi connectivity index (χ3v) is 33.6. The first-order valence-corrected chi connectivity index (χ1v) is 25.2. The molecule has 2 heteroatoms. The Hall–Kier alpha value is -4.10. The SMILES string of the molecule is CC1=Cc2c(-c3ccccc3)cccc2[CH]1[Zr]([CH]1C(C)=Cc2c(-c3ccccc3)cccc21)[SiH](c1ccccc1)c1ccccc1. The number of hydrogen-bond acceptors (Lipinski definition) is 0. The predicted molar refractivity (Wildman–Crippen MR) is 196 cm³/mol. The van der Waals surface area contributed by atoms with E-state index in [0.717, 1.165) is 0 Å². The number of hydrogen-bond donors (Lipinski definition) is 0. The minimum atomic E-state index is -2.61. The molecule has 0 nitrogen and oxygen atoms in total. The van der Waals surface area contributed by atoms with Gasteiger partial charge in [0.2, 0.25) is 0 Å². The molecule has 0 N–H and O–H groups in total. The fourth-order valence-electron chi connectivity index (χ4n) is 8.10. The van der Waals surface area contributed by atoms with Gasteiger partial charge in [-0.15, -0.1) is 0 Å². The predicted octanol–water partition coefficient (Wildman–Crippen LogP) is 9.79. The molecule has 6 aromatic rings. The van der Waals surface area contributed by atoms with E-state index in [-0.39, 0.29) is 0 Å². The van der Waals surface area contributed by atoms with Crippen molar-refractivity contribution in [2.45, 2.75) is 21.1 Å². The van der Waals surface area contributed by atoms with Gasteiger partial charge in [-0.2, -0.15) is 0 Å². The Balaban J connectivity index is 1.37. The van der Waals surface area contributed by atoms with E-state index in [1.54, 1.807) is 32.6 Å². The summed E-state index contributed by atoms with van der Waals surface area (Å²) >= 11 is -2.61. The summed E-state index contributed by atoms with van der Waals surface area (Å²) in [5.74, 6) is -1.63. The van der Waals surface area contributed by atoms with Gasteiger partial charge in [0, 0.05) is 0 Å². The topological polar surface area (TPSA) is 0 Å². The summed E-state index contributed by atoms with van der Waals surface area (Å²) in [6.07, 6.45) is 5.11. The van der Waals surface area contributed by atoms with Crippen LogP contribution in [0, 0.1) is 0 Å². The van der Waals surface area contributed by atoms with Crippen molar-refractivity contribution in [1.29, 1.82) is 0 Å². The van der Waals surface area contributed by atoms with Gasteiger partial charge in [-0.3, -0.25) is 0 Å². The van der Waals surface area contributed by atoms with Crippen LogP contribution in [0.4, 0.5) is 0 Å². The van der Waals surface area contributed by atoms with Crippen LogP contribution in [0.1, 0.15) is 43.4 Å². The Morgan fingerprint density at radius 3 is 1.17 bits per heavy atom. The fraction of sp³-hybridized carbons (Fsp3) is 0.0909. The Morgan fingerprint density at radius 1 is 0.413 bits per heavy atom. The minimum absolute atomic E-state index is 0.512. The maximum absolute atomic E-state index is 2.61. The van der Waals surface area contributed by atoms with E-state index in [1.165, 1.54) is 33.4 Å². The molecule has 0 saturated heterocycles. The molecule has 0 spiro atoms. The van der Waals surface area contributed by atoms with E-state index >= 15 is 0 Å². The van der Waals surface area contributed by atoms with Crippen molar-refractivity contribution in [2.75, 3.05) is 0 Å². The van der Waals surface area contributed by atoms with Crippen molar-refractivity contribution in [1.82, 2.24) is 0 Å². The Bertz CT molecular complexity index is 1910. The van der Waals surface area contributed by atoms with Crippen molar-refractivity contribution in [2.24, 2.45) is 0 Å². The van der Waals surface area contributed by atoms with E-state index in [9.17, 15) is 0 Å². The van der Waals surface area contributed by atoms with Crippen LogP contribution < -0.4 is 10.4 Å². The quantitative estimate of drug-likeness (QED) is 0.147. The third-order valence-electron chi connectivity index (χ3n) is 9.99. The molecule has 0 aromatic heterocycles. The molecule has 221 valence electrons. The van der Waals surface area contributed by atoms with Crippen LogP contribution in [0.2, 0.25) is 0 Å². The van der Waals surface area contributed by atoms with Crippen molar-refractivity contribution in [3.05, 3.63) is 191 Å². The summed E-state index contributed by atoms with van der Waals surface area (Å²) in [6, 6.07) is 59.5. The van der Waals surface area contributed by atoms with E-state index in [4.69, 9.17) is 0 Å². The molecule has 46 heavy (non-hydrogen) atoms. The van der Waals surface area contributed by atoms with E-state index in [0.29, 0.717) is 7.25 Å². The second-order valence-corrected chi connectivity index (χ2v) is 28.4. The number of benzene rings is 6. The van der Waals surface area contributed by atoms with Crippen molar-refractivity contribution in [3.8, 4) is 22.3 Å². The molecule has 0 bridgehead atoms. The van der Waals surface area contributed by atoms with Crippen LogP contribution in [-0.2, 0) is 20.9 Å². The zero-order chi connectivity index (χ0) is 31.0. The van der Waals surface area contributed by atoms with Gasteiger partial charge >= 0.3 is 284 Å². The summed E-state index contributed by atoms with van der Waals surface area (Å²) < 4.78 is 1.02. The molecule has 0 radical (unpaired) electrons. The first-order chi connectivity index (χ1) is 22.7. The van der Waals surface area contributed by atoms with Gasteiger partial charge in [-0.25, -0.2) is 0 Å². The van der Waals surface area contributed by atoms with Gasteiger partial charge in [0.15, 0.2) is 0 Å². The molecule has 2 unspecified atom stereocenters. The van der Waals surface area contributed by atoms with Crippen LogP contribution in [0.3, 0.4) is 0 Å². The van der Waals surface area contributed by atoms with Gasteiger partial charge in [0.1, 0.15) is 0 Å². The van der Waals surface area contributed by atoms with E-state index < -0.39 is 26.8 Å². The summed E-state index contributed by atoms with van der Waals surface area (Å²) in [4.78, 5) is 0. The molecule has 0 saturated carbocycles. The van der Waals surface area contributed by atoms with Crippen LogP contribution >= 0.6 is 0 Å². The van der Waals surface area contributed by atoms with E-state index in [1.807, 2.05) is 0 Å². The van der Waals surface area contributed by atoms with Crippen LogP contribution in [0.15, 0.2) is 169 Å². The van der Waals surface area contributed by atoms with Crippen LogP contribution in [0.25, 0.3) is 34.4 Å². The average molecular weight is 685 g/mol. The first-order valence-electron chi connectivity index (χ1n) is 16.4. The zero-order valence-electron chi connectivity index (χ0n) is 26.4. The molecule has 0 aliphatic heterocycles. The summed E-state index contributed by atoms with van der Waals surface area (Å²) in [6.45, 7) is 4.88. The Morgan fingerprint density at radius 2 is 0.783 bits per heavy atom. The maximum atomic E-state index is 2.56. The number of fused-ring (bicyclic) bond motifs is 2. The molecular formula is C44H37SiZr. The molecule has 2 aliphatic carbocycles. The van der Waals surface area contributed by atoms with Crippen LogP contribution in [-0.4, -0.2) is 5.92 Å².